The molecule has 34 heavy (non-hydrogen) atoms. The molecule has 5 rings (SSSR count). The van der Waals surface area contributed by atoms with Gasteiger partial charge in [-0.3, -0.25) is 4.79 Å². The topological polar surface area (TPSA) is 101 Å². The average Bonchev–Trinajstić information content (AvgIpc) is 3.38. The fourth-order valence-electron chi connectivity index (χ4n) is 3.98. The van der Waals surface area contributed by atoms with Crippen LogP contribution in [0, 0.1) is 5.82 Å². The third-order valence-electron chi connectivity index (χ3n) is 5.64. The maximum atomic E-state index is 13.5. The number of rotatable bonds is 6. The number of thiazole rings is 1. The number of carbonyl (C=O) groups is 1. The largest absolute Gasteiger partial charge is 0.489 e. The van der Waals surface area contributed by atoms with Crippen molar-refractivity contribution in [1.29, 1.82) is 0 Å². The number of benzene rings is 2. The highest BCUT2D eigenvalue weighted by Crippen LogP contribution is 2.36. The third-order valence-corrected chi connectivity index (χ3v) is 6.44. The molecule has 10 heteroatoms. The molecule has 0 bridgehead atoms. The number of carbonyl (C=O) groups excluding carboxylic acids is 1. The van der Waals surface area contributed by atoms with Crippen molar-refractivity contribution in [3.8, 4) is 16.3 Å². The number of aromatic nitrogens is 3. The molecular weight excluding hydrogens is 455 g/mol. The minimum atomic E-state index is -0.341. The van der Waals surface area contributed by atoms with Gasteiger partial charge in [0.2, 0.25) is 11.9 Å². The van der Waals surface area contributed by atoms with Gasteiger partial charge in [-0.1, -0.05) is 6.07 Å². The Morgan fingerprint density at radius 2 is 2.18 bits per heavy atom. The summed E-state index contributed by atoms with van der Waals surface area (Å²) in [6.45, 7) is 0.687. The van der Waals surface area contributed by atoms with Crippen LogP contribution in [0.1, 0.15) is 12.8 Å². The number of nitrogens with one attached hydrogen (secondary N) is 3. The van der Waals surface area contributed by atoms with E-state index in [-0.39, 0.29) is 23.9 Å². The monoisotopic (exact) mass is 478 g/mol. The second-order valence-corrected chi connectivity index (χ2v) is 8.85. The van der Waals surface area contributed by atoms with Crippen molar-refractivity contribution in [2.75, 3.05) is 18.9 Å². The van der Waals surface area contributed by atoms with Gasteiger partial charge in [0.05, 0.1) is 17.1 Å². The van der Waals surface area contributed by atoms with Crippen molar-refractivity contribution in [1.82, 2.24) is 25.6 Å². The Kier molecular flexibility index (Phi) is 6.33. The molecule has 1 amide bonds. The van der Waals surface area contributed by atoms with Gasteiger partial charge in [-0.25, -0.2) is 19.3 Å². The van der Waals surface area contributed by atoms with Crippen LogP contribution in [-0.4, -0.2) is 46.6 Å². The van der Waals surface area contributed by atoms with Gasteiger partial charge in [0.15, 0.2) is 0 Å². The summed E-state index contributed by atoms with van der Waals surface area (Å²) in [7, 11) is 1.63. The van der Waals surface area contributed by atoms with Crippen LogP contribution >= 0.6 is 11.3 Å². The fraction of sp³-hybridized carbons (Fsp3) is 0.250. The van der Waals surface area contributed by atoms with Gasteiger partial charge < -0.3 is 20.7 Å². The Morgan fingerprint density at radius 3 is 2.97 bits per heavy atom. The number of hydrogen-bond donors (Lipinski definition) is 3. The van der Waals surface area contributed by atoms with Crippen LogP contribution in [0.2, 0.25) is 0 Å². The molecular formula is C24H23FN6O2S. The molecule has 4 aromatic rings. The fourth-order valence-corrected chi connectivity index (χ4v) is 4.64. The van der Waals surface area contributed by atoms with E-state index in [1.807, 2.05) is 17.5 Å². The summed E-state index contributed by atoms with van der Waals surface area (Å²) >= 11 is 1.52. The van der Waals surface area contributed by atoms with Crippen molar-refractivity contribution in [2.24, 2.45) is 0 Å². The lowest BCUT2D eigenvalue weighted by molar-refractivity contribution is -0.123. The van der Waals surface area contributed by atoms with Gasteiger partial charge in [-0.2, -0.15) is 0 Å². The van der Waals surface area contributed by atoms with Crippen LogP contribution in [0.5, 0.6) is 5.75 Å². The zero-order valence-electron chi connectivity index (χ0n) is 18.4. The predicted octanol–water partition coefficient (Wildman–Crippen LogP) is 3.88. The number of halogens is 1. The Morgan fingerprint density at radius 1 is 1.26 bits per heavy atom. The summed E-state index contributed by atoms with van der Waals surface area (Å²) in [4.78, 5) is 25.6. The highest BCUT2D eigenvalue weighted by Gasteiger charge is 2.28. The van der Waals surface area contributed by atoms with Gasteiger partial charge in [0.1, 0.15) is 22.7 Å². The molecule has 1 fully saturated rings. The van der Waals surface area contributed by atoms with Crippen molar-refractivity contribution in [3.05, 3.63) is 60.0 Å². The smallest absolute Gasteiger partial charge is 0.237 e. The third kappa shape index (κ3) is 4.82. The standard InChI is InChI=1S/C24H23FN6O2S/c1-26-22(32)20-11-17(5-6-27-20)33-21-12-19-14(9-18(21)23-28-7-8-34-23)13-29-24(31-19)30-16-4-2-3-15(25)10-16/h2-4,7-10,12-13,17,20,27H,5-6,11H2,1H3,(H,26,32)(H,29,30,31)/t17-,20+/m0/s1. The first-order valence-corrected chi connectivity index (χ1v) is 11.8. The van der Waals surface area contributed by atoms with Gasteiger partial charge >= 0.3 is 0 Å². The molecule has 0 unspecified atom stereocenters. The van der Waals surface area contributed by atoms with E-state index in [1.54, 1.807) is 31.6 Å². The minimum absolute atomic E-state index is 0.0484. The number of hydrogen-bond acceptors (Lipinski definition) is 8. The first kappa shape index (κ1) is 22.2. The van der Waals surface area contributed by atoms with Crippen LogP contribution in [0.25, 0.3) is 21.5 Å². The average molecular weight is 479 g/mol. The Hall–Kier alpha value is -3.63. The van der Waals surface area contributed by atoms with Gasteiger partial charge in [-0.15, -0.1) is 11.3 Å². The lowest BCUT2D eigenvalue weighted by Gasteiger charge is -2.30. The number of amides is 1. The normalized spacial score (nSPS) is 17.9. The molecule has 8 nitrogen and oxygen atoms in total. The van der Waals surface area contributed by atoms with Gasteiger partial charge in [0, 0.05) is 48.4 Å². The van der Waals surface area contributed by atoms with Crippen LogP contribution in [0.3, 0.4) is 0 Å². The number of anilines is 2. The second-order valence-electron chi connectivity index (χ2n) is 7.96. The van der Waals surface area contributed by atoms with Crippen LogP contribution in [0.15, 0.2) is 54.2 Å². The van der Waals surface area contributed by atoms with Crippen molar-refractivity contribution >= 4 is 39.8 Å². The SMILES string of the molecule is CNC(=O)[C@H]1C[C@@H](Oc2cc3nc(Nc4cccc(F)c4)ncc3cc2-c2nccs2)CCN1. The molecule has 0 spiro atoms. The zero-order chi connectivity index (χ0) is 23.5. The summed E-state index contributed by atoms with van der Waals surface area (Å²) in [6.07, 6.45) is 4.68. The maximum Gasteiger partial charge on any atom is 0.237 e. The second kappa shape index (κ2) is 9.70. The Labute approximate surface area is 199 Å². The Balaban J connectivity index is 1.48. The van der Waals surface area contributed by atoms with E-state index < -0.39 is 0 Å². The number of likely N-dealkylation sites (N-methyl/N-ethyl adjacent to an activating group) is 1. The molecule has 0 saturated carbocycles. The molecule has 174 valence electrons. The molecule has 2 aromatic heterocycles. The minimum Gasteiger partial charge on any atom is -0.489 e. The van der Waals surface area contributed by atoms with Crippen molar-refractivity contribution < 1.29 is 13.9 Å². The maximum absolute atomic E-state index is 13.5. The summed E-state index contributed by atoms with van der Waals surface area (Å²) in [6, 6.07) is 9.68. The lowest BCUT2D eigenvalue weighted by atomic mass is 10.0. The van der Waals surface area contributed by atoms with E-state index in [9.17, 15) is 9.18 Å². The van der Waals surface area contributed by atoms with E-state index in [4.69, 9.17) is 4.74 Å². The first-order valence-electron chi connectivity index (χ1n) is 10.9. The molecule has 3 heterocycles. The number of ether oxygens (including phenoxy) is 1. The predicted molar refractivity (Wildman–Crippen MR) is 130 cm³/mol. The molecule has 3 N–H and O–H groups in total. The van der Waals surface area contributed by atoms with E-state index in [2.05, 4.69) is 30.9 Å². The summed E-state index contributed by atoms with van der Waals surface area (Å²) in [5.74, 6) is 0.618. The molecule has 1 saturated heterocycles. The van der Waals surface area contributed by atoms with E-state index >= 15 is 0 Å². The summed E-state index contributed by atoms with van der Waals surface area (Å²) in [5.41, 5.74) is 2.10. The van der Waals surface area contributed by atoms with Crippen molar-refractivity contribution in [2.45, 2.75) is 25.0 Å². The van der Waals surface area contributed by atoms with Gasteiger partial charge in [0.25, 0.3) is 0 Å². The molecule has 0 aliphatic carbocycles. The zero-order valence-corrected chi connectivity index (χ0v) is 19.2. The van der Waals surface area contributed by atoms with Gasteiger partial charge in [-0.05, 0) is 37.2 Å². The molecule has 2 atom stereocenters. The molecule has 0 radical (unpaired) electrons. The van der Waals surface area contributed by atoms with Crippen LogP contribution in [0.4, 0.5) is 16.0 Å². The lowest BCUT2D eigenvalue weighted by Crippen LogP contribution is -2.50. The molecule has 2 aromatic carbocycles. The van der Waals surface area contributed by atoms with E-state index in [0.29, 0.717) is 35.9 Å². The molecule has 1 aliphatic rings. The van der Waals surface area contributed by atoms with E-state index in [1.165, 1.54) is 23.5 Å². The number of piperidine rings is 1. The summed E-state index contributed by atoms with van der Waals surface area (Å²) < 4.78 is 20.0. The van der Waals surface area contributed by atoms with E-state index in [0.717, 1.165) is 22.4 Å². The Bertz CT molecular complexity index is 1320. The highest BCUT2D eigenvalue weighted by molar-refractivity contribution is 7.13. The number of fused-ring (bicyclic) bond motifs is 1. The number of nitrogens with zero attached hydrogens (tertiary/aromatic N) is 3. The first-order chi connectivity index (χ1) is 16.6. The van der Waals surface area contributed by atoms with Crippen molar-refractivity contribution in [3.63, 3.8) is 0 Å². The quantitative estimate of drug-likeness (QED) is 0.387. The van der Waals surface area contributed by atoms with Crippen LogP contribution < -0.4 is 20.7 Å². The highest BCUT2D eigenvalue weighted by atomic mass is 32.1. The molecule has 1 aliphatic heterocycles. The summed E-state index contributed by atoms with van der Waals surface area (Å²) in [5, 5.41) is 12.5. The van der Waals surface area contributed by atoms with Crippen LogP contribution in [-0.2, 0) is 4.79 Å².